The highest BCUT2D eigenvalue weighted by molar-refractivity contribution is 7.90. The van der Waals surface area contributed by atoms with Gasteiger partial charge in [0.2, 0.25) is 17.6 Å². The number of hydrogen-bond donors (Lipinski definition) is 2. The second kappa shape index (κ2) is 10.4. The molecule has 2 N–H and O–H groups in total. The minimum absolute atomic E-state index is 0.00323. The fraction of sp³-hybridized carbons (Fsp3) is 0.318. The van der Waals surface area contributed by atoms with Crippen molar-refractivity contribution in [1.29, 1.82) is 0 Å². The molecule has 0 fully saturated rings. The third-order valence-electron chi connectivity index (χ3n) is 4.64. The van der Waals surface area contributed by atoms with Crippen molar-refractivity contribution in [2.24, 2.45) is 4.40 Å². The Hall–Kier alpha value is -3.80. The summed E-state index contributed by atoms with van der Waals surface area (Å²) >= 11 is 0. The molecule has 3 rings (SSSR count). The largest absolute Gasteiger partial charge is 0.339 e. The van der Waals surface area contributed by atoms with Crippen molar-refractivity contribution in [3.05, 3.63) is 59.5 Å². The van der Waals surface area contributed by atoms with Crippen molar-refractivity contribution in [1.82, 2.24) is 25.3 Å². The molecule has 0 aliphatic heterocycles. The Balaban J connectivity index is 2.06. The average Bonchev–Trinajstić information content (AvgIpc) is 3.26. The Morgan fingerprint density at radius 2 is 1.88 bits per heavy atom. The predicted molar refractivity (Wildman–Crippen MR) is 123 cm³/mol. The second-order valence-corrected chi connectivity index (χ2v) is 9.40. The molecule has 0 spiro atoms. The maximum atomic E-state index is 13.0. The van der Waals surface area contributed by atoms with E-state index in [1.165, 1.54) is 29.0 Å². The molecule has 180 valence electrons. The number of hydrogen-bond acceptors (Lipinski definition) is 7. The lowest BCUT2D eigenvalue weighted by molar-refractivity contribution is -0.120. The summed E-state index contributed by atoms with van der Waals surface area (Å²) < 4.78 is 36.4. The molecular formula is C22H26N6O5S. The first-order valence-electron chi connectivity index (χ1n) is 10.6. The molecular weight excluding hydrogens is 460 g/mol. The quantitative estimate of drug-likeness (QED) is 0.519. The van der Waals surface area contributed by atoms with Crippen molar-refractivity contribution in [3.8, 4) is 11.4 Å². The van der Waals surface area contributed by atoms with Crippen LogP contribution in [0.3, 0.4) is 0 Å². The van der Waals surface area contributed by atoms with E-state index in [-0.39, 0.29) is 28.7 Å². The van der Waals surface area contributed by atoms with Crippen molar-refractivity contribution in [2.75, 3.05) is 6.54 Å². The molecule has 0 aliphatic rings. The van der Waals surface area contributed by atoms with E-state index >= 15 is 0 Å². The van der Waals surface area contributed by atoms with Crippen LogP contribution in [-0.4, -0.2) is 41.6 Å². The summed E-state index contributed by atoms with van der Waals surface area (Å²) in [5.74, 6) is 0.0547. The van der Waals surface area contributed by atoms with Crippen LogP contribution in [0.5, 0.6) is 0 Å². The van der Waals surface area contributed by atoms with Crippen LogP contribution in [0.1, 0.15) is 38.1 Å². The van der Waals surface area contributed by atoms with Gasteiger partial charge in [-0.3, -0.25) is 10.1 Å². The summed E-state index contributed by atoms with van der Waals surface area (Å²) in [5, 5.41) is 8.58. The third-order valence-corrected chi connectivity index (χ3v) is 5.94. The van der Waals surface area contributed by atoms with Gasteiger partial charge in [0.1, 0.15) is 12.0 Å². The number of nitrogens with one attached hydrogen (secondary N) is 2. The predicted octanol–water partition coefficient (Wildman–Crippen LogP) is 2.11. The molecule has 0 unspecified atom stereocenters. The van der Waals surface area contributed by atoms with Gasteiger partial charge in [0.05, 0.1) is 4.90 Å². The zero-order chi connectivity index (χ0) is 24.9. The monoisotopic (exact) mass is 486 g/mol. The highest BCUT2D eigenvalue weighted by Crippen LogP contribution is 2.18. The number of carbonyl (C=O) groups excluding carboxylic acids is 2. The van der Waals surface area contributed by atoms with Crippen LogP contribution in [0.25, 0.3) is 11.4 Å². The molecule has 11 nitrogen and oxygen atoms in total. The summed E-state index contributed by atoms with van der Waals surface area (Å²) in [7, 11) is -4.10. The lowest BCUT2D eigenvalue weighted by Crippen LogP contribution is -2.42. The number of sulfonamides is 1. The van der Waals surface area contributed by atoms with Crippen LogP contribution in [0, 0.1) is 6.92 Å². The van der Waals surface area contributed by atoms with Crippen LogP contribution in [0.4, 0.5) is 4.79 Å². The number of rotatable bonds is 7. The Labute approximate surface area is 197 Å². The Kier molecular flexibility index (Phi) is 7.61. The molecule has 2 heterocycles. The smallest absolute Gasteiger partial charge is 0.321 e. The third kappa shape index (κ3) is 6.16. The second-order valence-electron chi connectivity index (χ2n) is 7.80. The summed E-state index contributed by atoms with van der Waals surface area (Å²) in [5.41, 5.74) is 1.31. The van der Waals surface area contributed by atoms with Crippen molar-refractivity contribution in [3.63, 3.8) is 0 Å². The zero-order valence-electron chi connectivity index (χ0n) is 19.3. The summed E-state index contributed by atoms with van der Waals surface area (Å²) in [6.45, 7) is 7.36. The van der Waals surface area contributed by atoms with E-state index in [2.05, 4.69) is 25.2 Å². The fourth-order valence-electron chi connectivity index (χ4n) is 2.87. The van der Waals surface area contributed by atoms with Gasteiger partial charge in [0, 0.05) is 24.2 Å². The SMILES string of the molecule is CCNC(=O)NC(=O)Cn1ccc(-c2noc(C(C)C)n2)c/c1=N\S(=O)(=O)c1ccc(C)cc1. The first kappa shape index (κ1) is 24.8. The highest BCUT2D eigenvalue weighted by atomic mass is 32.2. The van der Waals surface area contributed by atoms with Gasteiger partial charge in [-0.15, -0.1) is 4.40 Å². The molecule has 1 aromatic carbocycles. The Bertz CT molecular complexity index is 1360. The number of amides is 3. The number of carbonyl (C=O) groups is 2. The van der Waals surface area contributed by atoms with Gasteiger partial charge in [-0.1, -0.05) is 36.7 Å². The number of aryl methyl sites for hydroxylation is 1. The van der Waals surface area contributed by atoms with E-state index in [0.29, 0.717) is 18.0 Å². The number of urea groups is 1. The minimum atomic E-state index is -4.10. The lowest BCUT2D eigenvalue weighted by Gasteiger charge is -2.09. The summed E-state index contributed by atoms with van der Waals surface area (Å²) in [6, 6.07) is 8.64. The van der Waals surface area contributed by atoms with Crippen molar-refractivity contribution < 1.29 is 22.5 Å². The first-order valence-corrected chi connectivity index (χ1v) is 12.0. The fourth-order valence-corrected chi connectivity index (χ4v) is 3.86. The van der Waals surface area contributed by atoms with E-state index in [9.17, 15) is 18.0 Å². The van der Waals surface area contributed by atoms with Crippen LogP contribution in [0.2, 0.25) is 0 Å². The highest BCUT2D eigenvalue weighted by Gasteiger charge is 2.16. The minimum Gasteiger partial charge on any atom is -0.339 e. The van der Waals surface area contributed by atoms with Gasteiger partial charge in [-0.05, 0) is 38.1 Å². The Morgan fingerprint density at radius 1 is 1.18 bits per heavy atom. The molecule has 0 bridgehead atoms. The van der Waals surface area contributed by atoms with E-state index in [4.69, 9.17) is 4.52 Å². The molecule has 2 aromatic heterocycles. The van der Waals surface area contributed by atoms with Crippen LogP contribution >= 0.6 is 0 Å². The number of nitrogens with zero attached hydrogens (tertiary/aromatic N) is 4. The molecule has 3 aromatic rings. The van der Waals surface area contributed by atoms with Crippen molar-refractivity contribution in [2.45, 2.75) is 45.1 Å². The number of imide groups is 1. The van der Waals surface area contributed by atoms with Gasteiger partial charge in [0.25, 0.3) is 10.0 Å². The topological polar surface area (TPSA) is 149 Å². The number of benzene rings is 1. The average molecular weight is 487 g/mol. The summed E-state index contributed by atoms with van der Waals surface area (Å²) in [6.07, 6.45) is 1.47. The van der Waals surface area contributed by atoms with Gasteiger partial charge >= 0.3 is 6.03 Å². The lowest BCUT2D eigenvalue weighted by atomic mass is 10.2. The Morgan fingerprint density at radius 3 is 2.50 bits per heavy atom. The maximum Gasteiger partial charge on any atom is 0.321 e. The van der Waals surface area contributed by atoms with Crippen LogP contribution in [-0.2, 0) is 21.4 Å². The van der Waals surface area contributed by atoms with Gasteiger partial charge in [0.15, 0.2) is 0 Å². The number of pyridine rings is 1. The summed E-state index contributed by atoms with van der Waals surface area (Å²) in [4.78, 5) is 28.3. The molecule has 0 saturated carbocycles. The molecule has 3 amide bonds. The maximum absolute atomic E-state index is 13.0. The van der Waals surface area contributed by atoms with E-state index < -0.39 is 22.0 Å². The van der Waals surface area contributed by atoms with Crippen LogP contribution in [0.15, 0.2) is 56.4 Å². The normalized spacial score (nSPS) is 12.1. The molecule has 0 atom stereocenters. The van der Waals surface area contributed by atoms with Crippen molar-refractivity contribution >= 4 is 22.0 Å². The molecule has 0 saturated heterocycles. The van der Waals surface area contributed by atoms with E-state index in [1.54, 1.807) is 25.1 Å². The van der Waals surface area contributed by atoms with E-state index in [1.807, 2.05) is 20.8 Å². The van der Waals surface area contributed by atoms with Gasteiger partial charge < -0.3 is 14.4 Å². The first-order chi connectivity index (χ1) is 16.1. The van der Waals surface area contributed by atoms with Crippen LogP contribution < -0.4 is 16.1 Å². The van der Waals surface area contributed by atoms with E-state index in [0.717, 1.165) is 5.56 Å². The molecule has 0 aliphatic carbocycles. The standard InChI is InChI=1S/C22H26N6O5S/c1-5-23-22(30)24-19(29)13-28-11-10-16(20-25-21(14(2)3)33-26-20)12-18(28)27-34(31,32)17-8-6-15(4)7-9-17/h6-12,14H,5,13H2,1-4H3,(H2,23,24,29,30)/b27-18+. The molecule has 12 heteroatoms. The van der Waals surface area contributed by atoms with Gasteiger partial charge in [-0.25, -0.2) is 4.79 Å². The zero-order valence-corrected chi connectivity index (χ0v) is 20.1. The number of aromatic nitrogens is 3. The molecule has 34 heavy (non-hydrogen) atoms. The van der Waals surface area contributed by atoms with Gasteiger partial charge in [-0.2, -0.15) is 13.4 Å². The molecule has 0 radical (unpaired) electrons.